The number of furan rings is 1. The summed E-state index contributed by atoms with van der Waals surface area (Å²) < 4.78 is 6.93. The lowest BCUT2D eigenvalue weighted by molar-refractivity contribution is 0.113. The number of piperidine rings is 1. The largest absolute Gasteiger partial charge is 0.492 e. The Morgan fingerprint density at radius 1 is 1.21 bits per heavy atom. The second kappa shape index (κ2) is 7.02. The summed E-state index contributed by atoms with van der Waals surface area (Å²) in [6.07, 6.45) is 2.85. The Bertz CT molecular complexity index is 1060. The molecule has 0 aliphatic carbocycles. The van der Waals surface area contributed by atoms with Gasteiger partial charge in [-0.25, -0.2) is 0 Å². The van der Waals surface area contributed by atoms with E-state index >= 15 is 0 Å². The molecule has 4 aromatic heterocycles. The summed E-state index contributed by atoms with van der Waals surface area (Å²) in [6, 6.07) is 7.89. The summed E-state index contributed by atoms with van der Waals surface area (Å²) in [7, 11) is 0. The van der Waals surface area contributed by atoms with Gasteiger partial charge in [-0.15, -0.1) is 16.4 Å². The van der Waals surface area contributed by atoms with E-state index in [1.165, 1.54) is 27.2 Å². The quantitative estimate of drug-likeness (QED) is 0.515. The van der Waals surface area contributed by atoms with Crippen molar-refractivity contribution in [1.29, 1.82) is 0 Å². The van der Waals surface area contributed by atoms with Crippen LogP contribution >= 0.6 is 22.7 Å². The molecule has 5 heterocycles. The van der Waals surface area contributed by atoms with Gasteiger partial charge in [-0.1, -0.05) is 31.3 Å². The van der Waals surface area contributed by atoms with Crippen molar-refractivity contribution in [2.24, 2.45) is 11.8 Å². The molecular weight excluding hydrogens is 392 g/mol. The second-order valence-corrected chi connectivity index (χ2v) is 9.70. The topological polar surface area (TPSA) is 66.8 Å². The highest BCUT2D eigenvalue weighted by molar-refractivity contribution is 7.17. The highest BCUT2D eigenvalue weighted by atomic mass is 32.1. The van der Waals surface area contributed by atoms with E-state index in [1.54, 1.807) is 23.7 Å². The fourth-order valence-corrected chi connectivity index (χ4v) is 6.33. The van der Waals surface area contributed by atoms with Crippen molar-refractivity contribution in [2.75, 3.05) is 13.1 Å². The third-order valence-corrected chi connectivity index (χ3v) is 7.26. The fourth-order valence-electron chi connectivity index (χ4n) is 4.28. The normalized spacial score (nSPS) is 22.1. The van der Waals surface area contributed by atoms with E-state index in [1.807, 2.05) is 6.07 Å². The van der Waals surface area contributed by atoms with Crippen LogP contribution in [0.3, 0.4) is 0 Å². The smallest absolute Gasteiger partial charge is 0.230 e. The molecule has 3 atom stereocenters. The molecular formula is C20H22N4O2S2. The molecule has 4 aromatic rings. The number of aromatic nitrogens is 3. The van der Waals surface area contributed by atoms with Gasteiger partial charge in [0.15, 0.2) is 5.76 Å². The van der Waals surface area contributed by atoms with Gasteiger partial charge in [-0.05, 0) is 41.8 Å². The minimum Gasteiger partial charge on any atom is -0.492 e. The van der Waals surface area contributed by atoms with Gasteiger partial charge in [0.25, 0.3) is 0 Å². The molecule has 1 N–H and O–H groups in total. The predicted molar refractivity (Wildman–Crippen MR) is 111 cm³/mol. The van der Waals surface area contributed by atoms with Crippen molar-refractivity contribution in [2.45, 2.75) is 26.3 Å². The van der Waals surface area contributed by atoms with Crippen molar-refractivity contribution in [3.05, 3.63) is 45.7 Å². The second-order valence-electron chi connectivity index (χ2n) is 7.71. The van der Waals surface area contributed by atoms with Gasteiger partial charge in [-0.2, -0.15) is 9.50 Å². The number of hydrogen-bond acceptors (Lipinski definition) is 7. The van der Waals surface area contributed by atoms with Crippen molar-refractivity contribution in [3.8, 4) is 17.5 Å². The van der Waals surface area contributed by atoms with Crippen LogP contribution in [0.4, 0.5) is 0 Å². The molecule has 1 aliphatic rings. The van der Waals surface area contributed by atoms with E-state index in [0.717, 1.165) is 18.0 Å². The Labute approximate surface area is 171 Å². The number of nitrogens with zero attached hydrogens (tertiary/aromatic N) is 4. The monoisotopic (exact) mass is 414 g/mol. The zero-order valence-corrected chi connectivity index (χ0v) is 17.4. The van der Waals surface area contributed by atoms with Crippen LogP contribution in [0.25, 0.3) is 16.5 Å². The summed E-state index contributed by atoms with van der Waals surface area (Å²) in [5.41, 5.74) is 0. The third kappa shape index (κ3) is 3.05. The van der Waals surface area contributed by atoms with Gasteiger partial charge in [0.05, 0.1) is 17.2 Å². The molecule has 0 bridgehead atoms. The fraction of sp³-hybridized carbons (Fsp3) is 0.400. The molecule has 0 aromatic carbocycles. The number of hydrogen-bond donors (Lipinski definition) is 1. The van der Waals surface area contributed by atoms with E-state index in [-0.39, 0.29) is 11.9 Å². The van der Waals surface area contributed by atoms with E-state index in [4.69, 9.17) is 4.42 Å². The first-order valence-corrected chi connectivity index (χ1v) is 11.2. The number of likely N-dealkylation sites (tertiary alicyclic amines) is 1. The van der Waals surface area contributed by atoms with Crippen LogP contribution in [-0.2, 0) is 0 Å². The molecule has 1 fully saturated rings. The Kier molecular flexibility index (Phi) is 4.49. The molecule has 6 nitrogen and oxygen atoms in total. The predicted octanol–water partition coefficient (Wildman–Crippen LogP) is 4.89. The lowest BCUT2D eigenvalue weighted by atomic mass is 9.90. The van der Waals surface area contributed by atoms with Crippen LogP contribution in [0.1, 0.15) is 36.1 Å². The Balaban J connectivity index is 1.58. The van der Waals surface area contributed by atoms with Gasteiger partial charge in [-0.3, -0.25) is 4.90 Å². The van der Waals surface area contributed by atoms with Gasteiger partial charge in [0.2, 0.25) is 16.7 Å². The number of fused-ring (bicyclic) bond motifs is 1. The zero-order chi connectivity index (χ0) is 19.3. The van der Waals surface area contributed by atoms with Gasteiger partial charge in [0.1, 0.15) is 0 Å². The Morgan fingerprint density at radius 2 is 2.04 bits per heavy atom. The molecule has 1 aliphatic heterocycles. The first-order chi connectivity index (χ1) is 13.6. The summed E-state index contributed by atoms with van der Waals surface area (Å²) in [5, 5.41) is 17.6. The zero-order valence-electron chi connectivity index (χ0n) is 15.8. The molecule has 1 saturated heterocycles. The Hall–Kier alpha value is -2.16. The highest BCUT2D eigenvalue weighted by Crippen LogP contribution is 2.43. The maximum absolute atomic E-state index is 11.1. The molecule has 0 saturated carbocycles. The molecule has 0 radical (unpaired) electrons. The van der Waals surface area contributed by atoms with Crippen LogP contribution in [-0.4, -0.2) is 37.7 Å². The standard InChI is InChI=1S/C20H22N4O2S2/c1-12-9-13(2)11-23(10-12)16(15-6-4-8-27-15)17-19(25)24-20(28-17)21-18(22-24)14-5-3-7-26-14/h3-8,12-13,16,25H,9-11H2,1-2H3/t12-,13+,16-/m1/s1. The van der Waals surface area contributed by atoms with E-state index in [0.29, 0.717) is 28.4 Å². The van der Waals surface area contributed by atoms with Crippen molar-refractivity contribution in [1.82, 2.24) is 19.5 Å². The third-order valence-electron chi connectivity index (χ3n) is 5.26. The first kappa shape index (κ1) is 17.9. The summed E-state index contributed by atoms with van der Waals surface area (Å²) in [6.45, 7) is 6.67. The summed E-state index contributed by atoms with van der Waals surface area (Å²) in [4.78, 5) is 9.91. The van der Waals surface area contributed by atoms with Crippen molar-refractivity contribution < 1.29 is 9.52 Å². The van der Waals surface area contributed by atoms with Gasteiger partial charge >= 0.3 is 0 Å². The highest BCUT2D eigenvalue weighted by Gasteiger charge is 2.34. The summed E-state index contributed by atoms with van der Waals surface area (Å²) >= 11 is 3.24. The molecule has 146 valence electrons. The maximum atomic E-state index is 11.1. The molecule has 0 amide bonds. The molecule has 0 unspecified atom stereocenters. The number of thiophene rings is 1. The van der Waals surface area contributed by atoms with Crippen LogP contribution in [0, 0.1) is 11.8 Å². The van der Waals surface area contributed by atoms with Crippen LogP contribution in [0.2, 0.25) is 0 Å². The van der Waals surface area contributed by atoms with Crippen molar-refractivity contribution >= 4 is 27.6 Å². The number of thiazole rings is 1. The van der Waals surface area contributed by atoms with Crippen LogP contribution in [0.15, 0.2) is 40.3 Å². The SMILES string of the molecule is C[C@@H]1C[C@H](C)CN([C@H](c2cccs2)c2sc3nc(-c4ccco4)nn3c2O)C1. The first-order valence-electron chi connectivity index (χ1n) is 9.50. The van der Waals surface area contributed by atoms with Crippen LogP contribution in [0.5, 0.6) is 5.88 Å². The lowest BCUT2D eigenvalue weighted by Crippen LogP contribution is -2.41. The molecule has 5 rings (SSSR count). The van der Waals surface area contributed by atoms with E-state index in [9.17, 15) is 5.11 Å². The lowest BCUT2D eigenvalue weighted by Gasteiger charge is -2.39. The number of rotatable bonds is 4. The average molecular weight is 415 g/mol. The van der Waals surface area contributed by atoms with E-state index in [2.05, 4.69) is 46.3 Å². The minimum atomic E-state index is 0.0331. The number of aromatic hydroxyl groups is 1. The molecule has 0 spiro atoms. The van der Waals surface area contributed by atoms with Crippen molar-refractivity contribution in [3.63, 3.8) is 0 Å². The van der Waals surface area contributed by atoms with Gasteiger partial charge in [0, 0.05) is 18.0 Å². The average Bonchev–Trinajstić information content (AvgIpc) is 3.41. The molecule has 28 heavy (non-hydrogen) atoms. The minimum absolute atomic E-state index is 0.0331. The maximum Gasteiger partial charge on any atom is 0.230 e. The summed E-state index contributed by atoms with van der Waals surface area (Å²) in [5.74, 6) is 2.55. The Morgan fingerprint density at radius 3 is 2.68 bits per heavy atom. The van der Waals surface area contributed by atoms with Gasteiger partial charge < -0.3 is 9.52 Å². The molecule has 8 heteroatoms. The van der Waals surface area contributed by atoms with E-state index < -0.39 is 0 Å². The van der Waals surface area contributed by atoms with Crippen LogP contribution < -0.4 is 0 Å².